The quantitative estimate of drug-likeness (QED) is 0.592. The van der Waals surface area contributed by atoms with Crippen molar-refractivity contribution in [2.45, 2.75) is 39.0 Å². The minimum absolute atomic E-state index is 0.210. The van der Waals surface area contributed by atoms with Crippen LogP contribution in [0.4, 0.5) is 18.9 Å². The van der Waals surface area contributed by atoms with E-state index < -0.39 is 11.7 Å². The number of piperazine rings is 1. The molecular weight excluding hydrogens is 367 g/mol. The molecule has 28 heavy (non-hydrogen) atoms. The van der Waals surface area contributed by atoms with E-state index in [1.807, 2.05) is 6.92 Å². The van der Waals surface area contributed by atoms with Gasteiger partial charge in [0.1, 0.15) is 0 Å². The van der Waals surface area contributed by atoms with Crippen molar-refractivity contribution < 1.29 is 13.2 Å². The molecule has 2 unspecified atom stereocenters. The summed E-state index contributed by atoms with van der Waals surface area (Å²) in [5, 5.41) is 6.55. The molecule has 5 nitrogen and oxygen atoms in total. The molecule has 0 aromatic heterocycles. The highest BCUT2D eigenvalue weighted by molar-refractivity contribution is 5.80. The number of rotatable bonds is 5. The molecule has 0 spiro atoms. The zero-order chi connectivity index (χ0) is 20.3. The minimum Gasteiger partial charge on any atom is -0.369 e. The van der Waals surface area contributed by atoms with Crippen LogP contribution in [-0.4, -0.2) is 56.7 Å². The summed E-state index contributed by atoms with van der Waals surface area (Å²) >= 11 is 0. The van der Waals surface area contributed by atoms with Gasteiger partial charge in [-0.05, 0) is 50.1 Å². The molecule has 0 radical (unpaired) electrons. The standard InChI is InChI=1S/C20H30F3N5/c1-4-24-19(26-17-11-14(17)2)25-13-15-12-16(20(21,22)23)5-6-18(15)28-9-7-27(3)8-10-28/h5-6,12,14,17H,4,7-11,13H2,1-3H3,(H2,24,25,26). The Bertz CT molecular complexity index is 696. The summed E-state index contributed by atoms with van der Waals surface area (Å²) in [6.45, 7) is 8.46. The topological polar surface area (TPSA) is 42.9 Å². The molecule has 1 aromatic rings. The Morgan fingerprint density at radius 1 is 1.21 bits per heavy atom. The maximum absolute atomic E-state index is 13.3. The fraction of sp³-hybridized carbons (Fsp3) is 0.650. The van der Waals surface area contributed by atoms with E-state index >= 15 is 0 Å². The van der Waals surface area contributed by atoms with Gasteiger partial charge in [-0.3, -0.25) is 0 Å². The van der Waals surface area contributed by atoms with Gasteiger partial charge >= 0.3 is 6.18 Å². The number of hydrogen-bond donors (Lipinski definition) is 2. The van der Waals surface area contributed by atoms with E-state index in [-0.39, 0.29) is 6.54 Å². The van der Waals surface area contributed by atoms with Gasteiger partial charge in [0.25, 0.3) is 0 Å². The van der Waals surface area contributed by atoms with Gasteiger partial charge in [0.05, 0.1) is 12.1 Å². The van der Waals surface area contributed by atoms with Gasteiger partial charge in [-0.1, -0.05) is 6.92 Å². The van der Waals surface area contributed by atoms with Crippen LogP contribution < -0.4 is 15.5 Å². The maximum atomic E-state index is 13.3. The fourth-order valence-corrected chi connectivity index (χ4v) is 3.43. The number of likely N-dealkylation sites (N-methyl/N-ethyl adjacent to an activating group) is 1. The predicted octanol–water partition coefficient (Wildman–Crippen LogP) is 2.92. The third-order valence-electron chi connectivity index (χ3n) is 5.43. The number of nitrogens with zero attached hydrogens (tertiary/aromatic N) is 3. The van der Waals surface area contributed by atoms with Crippen LogP contribution in [0, 0.1) is 5.92 Å². The maximum Gasteiger partial charge on any atom is 0.416 e. The van der Waals surface area contributed by atoms with Crippen molar-refractivity contribution in [3.8, 4) is 0 Å². The molecule has 3 rings (SSSR count). The molecule has 2 N–H and O–H groups in total. The van der Waals surface area contributed by atoms with E-state index in [0.29, 0.717) is 30.0 Å². The Hall–Kier alpha value is -1.96. The second-order valence-corrected chi connectivity index (χ2v) is 7.79. The second kappa shape index (κ2) is 8.59. The van der Waals surface area contributed by atoms with E-state index in [4.69, 9.17) is 0 Å². The molecule has 2 fully saturated rings. The highest BCUT2D eigenvalue weighted by Gasteiger charge is 2.33. The molecule has 1 aliphatic heterocycles. The molecule has 2 aliphatic rings. The number of aliphatic imine (C=N–C) groups is 1. The third-order valence-corrected chi connectivity index (χ3v) is 5.43. The first-order valence-electron chi connectivity index (χ1n) is 9.96. The number of nitrogens with one attached hydrogen (secondary N) is 2. The van der Waals surface area contributed by atoms with Crippen molar-refractivity contribution in [2.24, 2.45) is 10.9 Å². The Morgan fingerprint density at radius 3 is 2.46 bits per heavy atom. The van der Waals surface area contributed by atoms with Gasteiger partial charge in [-0.15, -0.1) is 0 Å². The number of guanidine groups is 1. The van der Waals surface area contributed by atoms with Gasteiger partial charge < -0.3 is 20.4 Å². The first-order valence-corrected chi connectivity index (χ1v) is 9.96. The lowest BCUT2D eigenvalue weighted by molar-refractivity contribution is -0.137. The van der Waals surface area contributed by atoms with E-state index in [1.165, 1.54) is 12.1 Å². The molecule has 0 bridgehead atoms. The molecule has 8 heteroatoms. The number of hydrogen-bond acceptors (Lipinski definition) is 3. The van der Waals surface area contributed by atoms with Crippen molar-refractivity contribution in [3.63, 3.8) is 0 Å². The second-order valence-electron chi connectivity index (χ2n) is 7.79. The lowest BCUT2D eigenvalue weighted by Gasteiger charge is -2.35. The van der Waals surface area contributed by atoms with E-state index in [2.05, 4.69) is 39.4 Å². The van der Waals surface area contributed by atoms with Crippen LogP contribution in [0.2, 0.25) is 0 Å². The summed E-state index contributed by atoms with van der Waals surface area (Å²) in [4.78, 5) is 8.97. The number of alkyl halides is 3. The van der Waals surface area contributed by atoms with Crippen LogP contribution in [0.5, 0.6) is 0 Å². The van der Waals surface area contributed by atoms with Gasteiger partial charge in [0, 0.05) is 44.5 Å². The highest BCUT2D eigenvalue weighted by Crippen LogP contribution is 2.34. The van der Waals surface area contributed by atoms with Crippen molar-refractivity contribution in [3.05, 3.63) is 29.3 Å². The third kappa shape index (κ3) is 5.31. The molecule has 156 valence electrons. The number of anilines is 1. The largest absolute Gasteiger partial charge is 0.416 e. The summed E-state index contributed by atoms with van der Waals surface area (Å²) in [6, 6.07) is 4.43. The normalized spacial score (nSPS) is 23.6. The highest BCUT2D eigenvalue weighted by atomic mass is 19.4. The smallest absolute Gasteiger partial charge is 0.369 e. The Balaban J connectivity index is 1.83. The van der Waals surface area contributed by atoms with Crippen molar-refractivity contribution in [2.75, 3.05) is 44.7 Å². The zero-order valence-electron chi connectivity index (χ0n) is 16.8. The molecule has 1 saturated carbocycles. The summed E-state index contributed by atoms with van der Waals surface area (Å²) in [7, 11) is 2.06. The van der Waals surface area contributed by atoms with Crippen LogP contribution in [-0.2, 0) is 12.7 Å². The van der Waals surface area contributed by atoms with Crippen molar-refractivity contribution in [1.29, 1.82) is 0 Å². The monoisotopic (exact) mass is 397 g/mol. The van der Waals surface area contributed by atoms with Crippen molar-refractivity contribution in [1.82, 2.24) is 15.5 Å². The van der Waals surface area contributed by atoms with E-state index in [9.17, 15) is 13.2 Å². The number of benzene rings is 1. The minimum atomic E-state index is -4.36. The summed E-state index contributed by atoms with van der Waals surface area (Å²) in [5.74, 6) is 1.27. The average Bonchev–Trinajstić information content (AvgIpc) is 3.34. The molecule has 1 aliphatic carbocycles. The Kier molecular flexibility index (Phi) is 6.37. The SMILES string of the molecule is CCNC(=NCc1cc(C(F)(F)F)ccc1N1CCN(C)CC1)NC1CC1C. The van der Waals surface area contributed by atoms with Crippen LogP contribution in [0.3, 0.4) is 0 Å². The van der Waals surface area contributed by atoms with Gasteiger partial charge in [-0.25, -0.2) is 4.99 Å². The Labute approximate surface area is 165 Å². The van der Waals surface area contributed by atoms with Crippen LogP contribution in [0.25, 0.3) is 0 Å². The predicted molar refractivity (Wildman–Crippen MR) is 107 cm³/mol. The van der Waals surface area contributed by atoms with Crippen molar-refractivity contribution >= 4 is 11.6 Å². The molecule has 1 aromatic carbocycles. The molecular formula is C20H30F3N5. The zero-order valence-corrected chi connectivity index (χ0v) is 16.8. The summed E-state index contributed by atoms with van der Waals surface area (Å²) in [5.41, 5.74) is 0.838. The molecule has 1 heterocycles. The summed E-state index contributed by atoms with van der Waals surface area (Å²) in [6.07, 6.45) is -3.26. The van der Waals surface area contributed by atoms with Crippen LogP contribution >= 0.6 is 0 Å². The first kappa shape index (κ1) is 20.8. The van der Waals surface area contributed by atoms with E-state index in [0.717, 1.165) is 38.3 Å². The molecule has 0 amide bonds. The molecule has 2 atom stereocenters. The summed E-state index contributed by atoms with van der Waals surface area (Å²) < 4.78 is 39.8. The first-order chi connectivity index (χ1) is 13.3. The lowest BCUT2D eigenvalue weighted by atomic mass is 10.1. The van der Waals surface area contributed by atoms with E-state index in [1.54, 1.807) is 6.07 Å². The number of halogens is 3. The van der Waals surface area contributed by atoms with Gasteiger partial charge in [-0.2, -0.15) is 13.2 Å². The fourth-order valence-electron chi connectivity index (χ4n) is 3.43. The Morgan fingerprint density at radius 2 is 1.89 bits per heavy atom. The van der Waals surface area contributed by atoms with Crippen LogP contribution in [0.1, 0.15) is 31.4 Å². The van der Waals surface area contributed by atoms with Crippen LogP contribution in [0.15, 0.2) is 23.2 Å². The van der Waals surface area contributed by atoms with Gasteiger partial charge in [0.15, 0.2) is 5.96 Å². The molecule has 1 saturated heterocycles. The average molecular weight is 397 g/mol. The lowest BCUT2D eigenvalue weighted by Crippen LogP contribution is -2.44. The van der Waals surface area contributed by atoms with Gasteiger partial charge in [0.2, 0.25) is 0 Å².